The molecule has 2 aromatic rings. The molecule has 2 aromatic carbocycles. The number of nitriles is 1. The molecule has 1 saturated heterocycles. The number of halogens is 3. The van der Waals surface area contributed by atoms with Crippen LogP contribution in [0.5, 0.6) is 11.5 Å². The highest BCUT2D eigenvalue weighted by Gasteiger charge is 2.51. The van der Waals surface area contributed by atoms with Crippen LogP contribution in [0.3, 0.4) is 0 Å². The number of alkyl halides is 3. The molecule has 0 aliphatic carbocycles. The number of hydrogen-bond donors (Lipinski definition) is 1. The van der Waals surface area contributed by atoms with Gasteiger partial charge in [-0.1, -0.05) is 0 Å². The molecule has 0 saturated carbocycles. The normalized spacial score (nSPS) is 19.2. The van der Waals surface area contributed by atoms with Crippen LogP contribution in [0.2, 0.25) is 0 Å². The Bertz CT molecular complexity index is 1270. The second kappa shape index (κ2) is 7.88. The van der Waals surface area contributed by atoms with Crippen LogP contribution in [0.1, 0.15) is 25.0 Å². The second-order valence-corrected chi connectivity index (χ2v) is 8.47. The minimum atomic E-state index is -4.79. The molecule has 2 amide bonds. The molecular weight excluding hydrogens is 473 g/mol. The van der Waals surface area contributed by atoms with Gasteiger partial charge in [0.2, 0.25) is 6.10 Å². The summed E-state index contributed by atoms with van der Waals surface area (Å²) in [6.07, 6.45) is -5.74. The molecule has 2 heterocycles. The number of rotatable bonds is 3. The van der Waals surface area contributed by atoms with Crippen molar-refractivity contribution in [3.05, 3.63) is 47.5 Å². The third-order valence-corrected chi connectivity index (χ3v) is 5.88. The molecule has 0 spiro atoms. The summed E-state index contributed by atoms with van der Waals surface area (Å²) in [6, 6.07) is 9.14. The lowest BCUT2D eigenvalue weighted by Gasteiger charge is -2.31. The number of ether oxygens (including phenoxy) is 2. The molecule has 0 radical (unpaired) electrons. The molecule has 1 atom stereocenters. The molecule has 2 aliphatic rings. The first kappa shape index (κ1) is 23.3. The van der Waals surface area contributed by atoms with Crippen LogP contribution in [0.4, 0.5) is 24.5 Å². The van der Waals surface area contributed by atoms with E-state index in [-0.39, 0.29) is 28.9 Å². The van der Waals surface area contributed by atoms with Gasteiger partial charge in [0.05, 0.1) is 22.9 Å². The first-order valence-electron chi connectivity index (χ1n) is 9.89. The molecule has 2 aliphatic heterocycles. The summed E-state index contributed by atoms with van der Waals surface area (Å²) >= 11 is 5.51. The third kappa shape index (κ3) is 3.67. The van der Waals surface area contributed by atoms with Crippen molar-refractivity contribution in [3.8, 4) is 17.6 Å². The van der Waals surface area contributed by atoms with Crippen LogP contribution in [0.25, 0.3) is 0 Å². The van der Waals surface area contributed by atoms with Gasteiger partial charge in [-0.15, -0.1) is 0 Å². The van der Waals surface area contributed by atoms with Crippen molar-refractivity contribution in [3.63, 3.8) is 0 Å². The van der Waals surface area contributed by atoms with Crippen molar-refractivity contribution in [1.29, 1.82) is 5.26 Å². The van der Waals surface area contributed by atoms with Crippen LogP contribution in [0.15, 0.2) is 36.4 Å². The Morgan fingerprint density at radius 3 is 2.50 bits per heavy atom. The summed E-state index contributed by atoms with van der Waals surface area (Å²) in [4.78, 5) is 27.1. The van der Waals surface area contributed by atoms with Crippen LogP contribution in [0, 0.1) is 11.3 Å². The molecule has 1 fully saturated rings. The maximum atomic E-state index is 13.5. The van der Waals surface area contributed by atoms with Gasteiger partial charge < -0.3 is 20.1 Å². The molecule has 176 valence electrons. The molecule has 2 N–H and O–H groups in total. The number of hydrogen-bond acceptors (Lipinski definition) is 6. The van der Waals surface area contributed by atoms with E-state index in [1.807, 2.05) is 0 Å². The average molecular weight is 490 g/mol. The number of primary amides is 1. The number of amides is 2. The standard InChI is InChI=1S/C22H17F3N4O4S/c1-21(2)19(31)28(12-4-3-11(9-26)14(7-12)22(23,24)25)20(34)29(21)13-5-6-15-16(8-13)32-10-17(33-15)18(27)30/h3-8,17H,10H2,1-2H3,(H2,27,30)/t17-/m1/s1. The summed E-state index contributed by atoms with van der Waals surface area (Å²) in [7, 11) is 0. The SMILES string of the molecule is CC1(C)C(=O)N(c2ccc(C#N)c(C(F)(F)F)c2)C(=S)N1c1ccc2c(c1)OC[C@H](C(N)=O)O2. The Morgan fingerprint density at radius 1 is 1.21 bits per heavy atom. The maximum absolute atomic E-state index is 13.5. The van der Waals surface area contributed by atoms with Crippen molar-refractivity contribution in [2.24, 2.45) is 5.73 Å². The van der Waals surface area contributed by atoms with E-state index in [2.05, 4.69) is 0 Å². The van der Waals surface area contributed by atoms with E-state index in [1.54, 1.807) is 26.0 Å². The smallest absolute Gasteiger partial charge is 0.417 e. The van der Waals surface area contributed by atoms with Crippen molar-refractivity contribution in [1.82, 2.24) is 0 Å². The molecule has 0 bridgehead atoms. The monoisotopic (exact) mass is 490 g/mol. The average Bonchev–Trinajstić information content (AvgIpc) is 2.95. The van der Waals surface area contributed by atoms with Crippen molar-refractivity contribution < 1.29 is 32.2 Å². The van der Waals surface area contributed by atoms with Gasteiger partial charge in [-0.25, -0.2) is 0 Å². The van der Waals surface area contributed by atoms with Gasteiger partial charge in [0, 0.05) is 11.8 Å². The van der Waals surface area contributed by atoms with E-state index in [0.717, 1.165) is 17.0 Å². The lowest BCUT2D eigenvalue weighted by atomic mass is 10.0. The fourth-order valence-corrected chi connectivity index (χ4v) is 4.32. The summed E-state index contributed by atoms with van der Waals surface area (Å²) in [5, 5.41) is 8.99. The van der Waals surface area contributed by atoms with E-state index in [9.17, 15) is 22.8 Å². The van der Waals surface area contributed by atoms with Crippen molar-refractivity contribution in [2.75, 3.05) is 16.4 Å². The fourth-order valence-electron chi connectivity index (χ4n) is 3.80. The number of nitrogens with two attached hydrogens (primary N) is 1. The Labute approximate surface area is 197 Å². The molecular formula is C22H17F3N4O4S. The third-order valence-electron chi connectivity index (χ3n) is 5.52. The van der Waals surface area contributed by atoms with Crippen LogP contribution >= 0.6 is 12.2 Å². The molecule has 8 nitrogen and oxygen atoms in total. The van der Waals surface area contributed by atoms with E-state index < -0.39 is 40.8 Å². The second-order valence-electron chi connectivity index (χ2n) is 8.11. The number of anilines is 2. The van der Waals surface area contributed by atoms with Crippen LogP contribution in [-0.4, -0.2) is 35.2 Å². The maximum Gasteiger partial charge on any atom is 0.417 e. The summed E-state index contributed by atoms with van der Waals surface area (Å²) in [6.45, 7) is 3.06. The van der Waals surface area contributed by atoms with Crippen molar-refractivity contribution >= 4 is 40.5 Å². The van der Waals surface area contributed by atoms with Crippen LogP contribution < -0.4 is 25.0 Å². The van der Waals surface area contributed by atoms with Crippen LogP contribution in [-0.2, 0) is 15.8 Å². The number of nitrogens with zero attached hydrogens (tertiary/aromatic N) is 3. The van der Waals surface area contributed by atoms with Gasteiger partial charge in [-0.3, -0.25) is 14.5 Å². The Balaban J connectivity index is 1.73. The number of benzene rings is 2. The van der Waals surface area contributed by atoms with Gasteiger partial charge in [0.15, 0.2) is 16.6 Å². The summed E-state index contributed by atoms with van der Waals surface area (Å²) in [5.74, 6) is -0.679. The highest BCUT2D eigenvalue weighted by molar-refractivity contribution is 7.81. The molecule has 0 unspecified atom stereocenters. The topological polar surface area (TPSA) is 109 Å². The molecule has 34 heavy (non-hydrogen) atoms. The van der Waals surface area contributed by atoms with Crippen molar-refractivity contribution in [2.45, 2.75) is 31.7 Å². The minimum Gasteiger partial charge on any atom is -0.485 e. The molecule has 0 aromatic heterocycles. The number of thiocarbonyl (C=S) groups is 1. The highest BCUT2D eigenvalue weighted by atomic mass is 32.1. The number of carbonyl (C=O) groups excluding carboxylic acids is 2. The molecule has 4 rings (SSSR count). The lowest BCUT2D eigenvalue weighted by Crippen LogP contribution is -2.44. The van der Waals surface area contributed by atoms with Gasteiger partial charge in [0.1, 0.15) is 12.1 Å². The largest absolute Gasteiger partial charge is 0.485 e. The highest BCUT2D eigenvalue weighted by Crippen LogP contribution is 2.42. The zero-order valence-corrected chi connectivity index (χ0v) is 18.7. The fraction of sp³-hybridized carbons (Fsp3) is 0.273. The minimum absolute atomic E-state index is 0.0560. The van der Waals surface area contributed by atoms with Gasteiger partial charge >= 0.3 is 6.18 Å². The summed E-state index contributed by atoms with van der Waals surface area (Å²) < 4.78 is 51.5. The first-order valence-corrected chi connectivity index (χ1v) is 10.3. The van der Waals surface area contributed by atoms with E-state index >= 15 is 0 Å². The zero-order valence-electron chi connectivity index (χ0n) is 17.8. The Morgan fingerprint density at radius 2 is 1.88 bits per heavy atom. The van der Waals surface area contributed by atoms with Gasteiger partial charge in [-0.05, 0) is 56.4 Å². The quantitative estimate of drug-likeness (QED) is 0.659. The first-order chi connectivity index (χ1) is 15.9. The molecule has 12 heteroatoms. The van der Waals surface area contributed by atoms with Gasteiger partial charge in [0.25, 0.3) is 11.8 Å². The Kier molecular flexibility index (Phi) is 5.40. The van der Waals surface area contributed by atoms with E-state index in [4.69, 9.17) is 32.7 Å². The number of carbonyl (C=O) groups is 2. The van der Waals surface area contributed by atoms with E-state index in [1.165, 1.54) is 23.1 Å². The predicted octanol–water partition coefficient (Wildman–Crippen LogP) is 3.12. The zero-order chi connectivity index (χ0) is 25.0. The Hall–Kier alpha value is -3.85. The van der Waals surface area contributed by atoms with Gasteiger partial charge in [-0.2, -0.15) is 18.4 Å². The van der Waals surface area contributed by atoms with E-state index in [0.29, 0.717) is 5.69 Å². The number of fused-ring (bicyclic) bond motifs is 1. The summed E-state index contributed by atoms with van der Waals surface area (Å²) in [5.41, 5.74) is 2.57. The predicted molar refractivity (Wildman–Crippen MR) is 118 cm³/mol. The lowest BCUT2D eigenvalue weighted by molar-refractivity contribution is -0.137.